The number of hydrogen-bond acceptors (Lipinski definition) is 3. The predicted molar refractivity (Wildman–Crippen MR) is 73.4 cm³/mol. The van der Waals surface area contributed by atoms with Crippen molar-refractivity contribution < 1.29 is 5.11 Å². The molecule has 1 atom stereocenters. The number of pyridine rings is 1. The third kappa shape index (κ3) is 2.99. The molecular weight excluding hydrogens is 280 g/mol. The molecule has 0 amide bonds. The van der Waals surface area contributed by atoms with Gasteiger partial charge in [-0.25, -0.2) is 4.98 Å². The van der Waals surface area contributed by atoms with E-state index >= 15 is 0 Å². The molecule has 1 aromatic rings. The summed E-state index contributed by atoms with van der Waals surface area (Å²) in [6, 6.07) is 2.30. The Bertz CT molecular complexity index is 384. The molecule has 1 saturated heterocycles. The van der Waals surface area contributed by atoms with Crippen molar-refractivity contribution in [3.63, 3.8) is 0 Å². The van der Waals surface area contributed by atoms with Crippen molar-refractivity contribution >= 4 is 21.7 Å². The second-order valence-electron chi connectivity index (χ2n) is 4.70. The average molecular weight is 299 g/mol. The molecule has 1 fully saturated rings. The summed E-state index contributed by atoms with van der Waals surface area (Å²) in [5.41, 5.74) is 1.15. The second kappa shape index (κ2) is 5.83. The van der Waals surface area contributed by atoms with E-state index in [0.717, 1.165) is 28.8 Å². The summed E-state index contributed by atoms with van der Waals surface area (Å²) >= 11 is 3.58. The maximum Gasteiger partial charge on any atom is 0.143 e. The lowest BCUT2D eigenvalue weighted by atomic mass is 10.1. The van der Waals surface area contributed by atoms with Crippen molar-refractivity contribution in [3.05, 3.63) is 22.3 Å². The highest BCUT2D eigenvalue weighted by atomic mass is 79.9. The molecule has 0 radical (unpaired) electrons. The van der Waals surface area contributed by atoms with Crippen LogP contribution in [0.1, 0.15) is 31.2 Å². The number of aliphatic hydroxyl groups is 1. The molecule has 1 aliphatic rings. The van der Waals surface area contributed by atoms with Gasteiger partial charge in [0.2, 0.25) is 0 Å². The molecule has 0 aliphatic carbocycles. The molecule has 1 N–H and O–H groups in total. The standard InChI is InChI=1S/C13H19BrN2O/c1-10-7-12(14)13(15-8-10)16-6-4-2-3-5-11(16)9-17/h7-8,11,17H,2-6,9H2,1H3. The Morgan fingerprint density at radius 2 is 2.29 bits per heavy atom. The number of rotatable bonds is 2. The van der Waals surface area contributed by atoms with Crippen molar-refractivity contribution in [3.8, 4) is 0 Å². The Morgan fingerprint density at radius 3 is 3.00 bits per heavy atom. The first-order valence-electron chi connectivity index (χ1n) is 6.22. The molecule has 0 aromatic carbocycles. The van der Waals surface area contributed by atoms with Gasteiger partial charge in [0.05, 0.1) is 17.1 Å². The summed E-state index contributed by atoms with van der Waals surface area (Å²) in [5.74, 6) is 0.969. The number of hydrogen-bond donors (Lipinski definition) is 1. The molecule has 2 rings (SSSR count). The van der Waals surface area contributed by atoms with Crippen LogP contribution in [0.3, 0.4) is 0 Å². The van der Waals surface area contributed by atoms with Gasteiger partial charge in [-0.1, -0.05) is 12.8 Å². The first kappa shape index (κ1) is 12.8. The van der Waals surface area contributed by atoms with Crippen molar-refractivity contribution in [1.82, 2.24) is 4.98 Å². The van der Waals surface area contributed by atoms with Crippen LogP contribution in [0.15, 0.2) is 16.7 Å². The van der Waals surface area contributed by atoms with E-state index in [0.29, 0.717) is 0 Å². The van der Waals surface area contributed by atoms with E-state index in [-0.39, 0.29) is 12.6 Å². The van der Waals surface area contributed by atoms with E-state index in [1.54, 1.807) is 0 Å². The van der Waals surface area contributed by atoms with Gasteiger partial charge in [0.1, 0.15) is 5.82 Å². The quantitative estimate of drug-likeness (QED) is 0.912. The van der Waals surface area contributed by atoms with Crippen molar-refractivity contribution in [2.24, 2.45) is 0 Å². The summed E-state index contributed by atoms with van der Waals surface area (Å²) < 4.78 is 1.03. The van der Waals surface area contributed by atoms with Gasteiger partial charge < -0.3 is 10.0 Å². The normalized spacial score (nSPS) is 21.4. The van der Waals surface area contributed by atoms with Crippen LogP contribution in [-0.4, -0.2) is 29.3 Å². The first-order chi connectivity index (χ1) is 8.22. The molecule has 0 saturated carbocycles. The molecule has 94 valence electrons. The molecule has 2 heterocycles. The number of halogens is 1. The van der Waals surface area contributed by atoms with Gasteiger partial charge in [-0.2, -0.15) is 0 Å². The largest absolute Gasteiger partial charge is 0.394 e. The monoisotopic (exact) mass is 298 g/mol. The fourth-order valence-electron chi connectivity index (χ4n) is 2.38. The summed E-state index contributed by atoms with van der Waals surface area (Å²) in [4.78, 5) is 6.76. The number of aryl methyl sites for hydroxylation is 1. The molecule has 1 aliphatic heterocycles. The van der Waals surface area contributed by atoms with Gasteiger partial charge in [-0.05, 0) is 47.3 Å². The van der Waals surface area contributed by atoms with Crippen LogP contribution >= 0.6 is 15.9 Å². The highest BCUT2D eigenvalue weighted by molar-refractivity contribution is 9.10. The minimum absolute atomic E-state index is 0.210. The zero-order valence-electron chi connectivity index (χ0n) is 10.2. The van der Waals surface area contributed by atoms with E-state index < -0.39 is 0 Å². The van der Waals surface area contributed by atoms with Crippen LogP contribution in [-0.2, 0) is 0 Å². The average Bonchev–Trinajstić information content (AvgIpc) is 2.54. The van der Waals surface area contributed by atoms with Crippen molar-refractivity contribution in [1.29, 1.82) is 0 Å². The van der Waals surface area contributed by atoms with Crippen LogP contribution in [0.2, 0.25) is 0 Å². The van der Waals surface area contributed by atoms with Crippen LogP contribution in [0.25, 0.3) is 0 Å². The molecule has 0 spiro atoms. The van der Waals surface area contributed by atoms with Gasteiger partial charge in [0, 0.05) is 12.7 Å². The van der Waals surface area contributed by atoms with Gasteiger partial charge in [0.25, 0.3) is 0 Å². The van der Waals surface area contributed by atoms with Crippen LogP contribution < -0.4 is 4.90 Å². The molecule has 0 bridgehead atoms. The lowest BCUT2D eigenvalue weighted by molar-refractivity contribution is 0.254. The van der Waals surface area contributed by atoms with Gasteiger partial charge in [-0.15, -0.1) is 0 Å². The smallest absolute Gasteiger partial charge is 0.143 e. The zero-order chi connectivity index (χ0) is 12.3. The van der Waals surface area contributed by atoms with E-state index in [1.807, 2.05) is 13.1 Å². The Kier molecular flexibility index (Phi) is 4.40. The molecule has 4 heteroatoms. The fourth-order valence-corrected chi connectivity index (χ4v) is 3.07. The summed E-state index contributed by atoms with van der Waals surface area (Å²) in [6.07, 6.45) is 6.57. The predicted octanol–water partition coefficient (Wildman–Crippen LogP) is 2.89. The summed E-state index contributed by atoms with van der Waals surface area (Å²) in [5, 5.41) is 9.51. The lowest BCUT2D eigenvalue weighted by Gasteiger charge is -2.30. The number of nitrogens with zero attached hydrogens (tertiary/aromatic N) is 2. The molecule has 3 nitrogen and oxygen atoms in total. The minimum Gasteiger partial charge on any atom is -0.394 e. The highest BCUT2D eigenvalue weighted by Gasteiger charge is 2.23. The van der Waals surface area contributed by atoms with Crippen LogP contribution in [0, 0.1) is 6.92 Å². The Balaban J connectivity index is 2.28. The maximum absolute atomic E-state index is 9.51. The summed E-state index contributed by atoms with van der Waals surface area (Å²) in [7, 11) is 0. The van der Waals surface area contributed by atoms with E-state index in [4.69, 9.17) is 0 Å². The minimum atomic E-state index is 0.210. The topological polar surface area (TPSA) is 36.4 Å². The number of aliphatic hydroxyl groups excluding tert-OH is 1. The first-order valence-corrected chi connectivity index (χ1v) is 7.01. The molecule has 1 unspecified atom stereocenters. The Labute approximate surface area is 111 Å². The third-order valence-electron chi connectivity index (χ3n) is 3.32. The van der Waals surface area contributed by atoms with Gasteiger partial charge >= 0.3 is 0 Å². The Hall–Kier alpha value is -0.610. The van der Waals surface area contributed by atoms with E-state index in [1.165, 1.54) is 19.3 Å². The SMILES string of the molecule is Cc1cnc(N2CCCCCC2CO)c(Br)c1. The van der Waals surface area contributed by atoms with Crippen molar-refractivity contribution in [2.45, 2.75) is 38.6 Å². The summed E-state index contributed by atoms with van der Waals surface area (Å²) in [6.45, 7) is 3.23. The van der Waals surface area contributed by atoms with Crippen molar-refractivity contribution in [2.75, 3.05) is 18.1 Å². The maximum atomic E-state index is 9.51. The molecular formula is C13H19BrN2O. The Morgan fingerprint density at radius 1 is 1.47 bits per heavy atom. The van der Waals surface area contributed by atoms with Gasteiger partial charge in [-0.3, -0.25) is 0 Å². The molecule has 17 heavy (non-hydrogen) atoms. The number of aromatic nitrogens is 1. The van der Waals surface area contributed by atoms with E-state index in [9.17, 15) is 5.11 Å². The highest BCUT2D eigenvalue weighted by Crippen LogP contribution is 2.29. The van der Waals surface area contributed by atoms with Gasteiger partial charge in [0.15, 0.2) is 0 Å². The molecule has 1 aromatic heterocycles. The van der Waals surface area contributed by atoms with Crippen LogP contribution in [0.5, 0.6) is 0 Å². The number of anilines is 1. The lowest BCUT2D eigenvalue weighted by Crippen LogP contribution is -2.38. The van der Waals surface area contributed by atoms with E-state index in [2.05, 4.69) is 31.9 Å². The zero-order valence-corrected chi connectivity index (χ0v) is 11.8. The second-order valence-corrected chi connectivity index (χ2v) is 5.55. The van der Waals surface area contributed by atoms with Crippen LogP contribution in [0.4, 0.5) is 5.82 Å². The fraction of sp³-hybridized carbons (Fsp3) is 0.615. The third-order valence-corrected chi connectivity index (χ3v) is 3.90.